The molecule has 4 rings (SSSR count). The van der Waals surface area contributed by atoms with Gasteiger partial charge in [-0.1, -0.05) is 17.8 Å². The van der Waals surface area contributed by atoms with E-state index in [1.54, 1.807) is 35.9 Å². The number of nitrogens with zero attached hydrogens (tertiary/aromatic N) is 4. The van der Waals surface area contributed by atoms with Gasteiger partial charge < -0.3 is 15.4 Å². The van der Waals surface area contributed by atoms with Gasteiger partial charge in [-0.15, -0.1) is 10.2 Å². The minimum Gasteiger partial charge on any atom is -0.497 e. The summed E-state index contributed by atoms with van der Waals surface area (Å²) in [6, 6.07) is 18.2. The second-order valence-corrected chi connectivity index (χ2v) is 7.74. The molecule has 2 heterocycles. The van der Waals surface area contributed by atoms with Crippen molar-refractivity contribution in [2.45, 2.75) is 12.1 Å². The molecule has 0 spiro atoms. The molecule has 9 nitrogen and oxygen atoms in total. The van der Waals surface area contributed by atoms with Crippen molar-refractivity contribution in [2.24, 2.45) is 0 Å². The third-order valence-corrected chi connectivity index (χ3v) is 5.34. The molecule has 0 bridgehead atoms. The van der Waals surface area contributed by atoms with E-state index >= 15 is 0 Å². The maximum absolute atomic E-state index is 12.4. The normalized spacial score (nSPS) is 10.7. The molecule has 0 aliphatic heterocycles. The molecule has 2 aromatic carbocycles. The van der Waals surface area contributed by atoms with Crippen molar-refractivity contribution in [3.05, 3.63) is 60.7 Å². The number of rotatable bonds is 7. The highest BCUT2D eigenvalue weighted by Gasteiger charge is 2.12. The lowest BCUT2D eigenvalue weighted by Gasteiger charge is -2.07. The Labute approximate surface area is 188 Å². The van der Waals surface area contributed by atoms with Crippen LogP contribution in [0.25, 0.3) is 16.9 Å². The molecule has 0 saturated carbocycles. The number of amides is 2. The van der Waals surface area contributed by atoms with Crippen molar-refractivity contribution in [3.63, 3.8) is 0 Å². The van der Waals surface area contributed by atoms with E-state index in [-0.39, 0.29) is 17.6 Å². The smallest absolute Gasteiger partial charge is 0.234 e. The fraction of sp³-hybridized carbons (Fsp3) is 0.136. The van der Waals surface area contributed by atoms with Crippen LogP contribution in [0.1, 0.15) is 6.92 Å². The van der Waals surface area contributed by atoms with Crippen LogP contribution in [0.15, 0.2) is 65.8 Å². The molecule has 0 unspecified atom stereocenters. The second kappa shape index (κ2) is 9.48. The van der Waals surface area contributed by atoms with Gasteiger partial charge in [-0.3, -0.25) is 9.59 Å². The van der Waals surface area contributed by atoms with E-state index in [1.165, 1.54) is 18.7 Å². The van der Waals surface area contributed by atoms with Crippen molar-refractivity contribution in [1.29, 1.82) is 0 Å². The van der Waals surface area contributed by atoms with E-state index in [0.717, 1.165) is 17.0 Å². The number of methoxy groups -OCH3 is 1. The van der Waals surface area contributed by atoms with Gasteiger partial charge in [0.15, 0.2) is 5.65 Å². The van der Waals surface area contributed by atoms with Gasteiger partial charge in [0.1, 0.15) is 5.75 Å². The first-order valence-corrected chi connectivity index (χ1v) is 10.7. The Morgan fingerprint density at radius 3 is 2.47 bits per heavy atom. The Hall–Kier alpha value is -3.92. The highest BCUT2D eigenvalue weighted by Crippen LogP contribution is 2.23. The van der Waals surface area contributed by atoms with Crippen molar-refractivity contribution < 1.29 is 14.3 Å². The van der Waals surface area contributed by atoms with Gasteiger partial charge in [-0.2, -0.15) is 9.61 Å². The number of fused-ring (bicyclic) bond motifs is 1. The topological polar surface area (TPSA) is 111 Å². The van der Waals surface area contributed by atoms with Crippen LogP contribution in [-0.2, 0) is 9.59 Å². The van der Waals surface area contributed by atoms with E-state index in [9.17, 15) is 9.59 Å². The fourth-order valence-electron chi connectivity index (χ4n) is 2.98. The third-order valence-electron chi connectivity index (χ3n) is 4.42. The molecule has 0 aliphatic rings. The predicted molar refractivity (Wildman–Crippen MR) is 123 cm³/mol. The molecular formula is C22H20N6O3S. The first-order valence-electron chi connectivity index (χ1n) is 9.69. The SMILES string of the molecule is COc1ccc(-c2ccc3nnc(SCC(=O)Nc4cccc(NC(C)=O)c4)n3n2)cc1. The van der Waals surface area contributed by atoms with Crippen LogP contribution in [0.2, 0.25) is 0 Å². The lowest BCUT2D eigenvalue weighted by Crippen LogP contribution is -2.15. The van der Waals surface area contributed by atoms with Crippen molar-refractivity contribution >= 4 is 40.6 Å². The molecule has 0 radical (unpaired) electrons. The highest BCUT2D eigenvalue weighted by atomic mass is 32.2. The molecule has 4 aromatic rings. The monoisotopic (exact) mass is 448 g/mol. The number of anilines is 2. The van der Waals surface area contributed by atoms with Crippen LogP contribution in [0, 0.1) is 0 Å². The van der Waals surface area contributed by atoms with Crippen molar-refractivity contribution in [3.8, 4) is 17.0 Å². The Bertz CT molecular complexity index is 1270. The average Bonchev–Trinajstić information content (AvgIpc) is 3.20. The van der Waals surface area contributed by atoms with Crippen molar-refractivity contribution in [1.82, 2.24) is 19.8 Å². The summed E-state index contributed by atoms with van der Waals surface area (Å²) in [4.78, 5) is 23.6. The first kappa shape index (κ1) is 21.3. The summed E-state index contributed by atoms with van der Waals surface area (Å²) in [6.07, 6.45) is 0. The molecule has 0 fully saturated rings. The standard InChI is InChI=1S/C22H20N6O3S/c1-14(29)23-16-4-3-5-17(12-16)24-21(30)13-32-22-26-25-20-11-10-19(27-28(20)22)15-6-8-18(31-2)9-7-15/h3-12H,13H2,1-2H3,(H,23,29)(H,24,30). The van der Waals surface area contributed by atoms with Crippen LogP contribution >= 0.6 is 11.8 Å². The number of thioether (sulfide) groups is 1. The largest absolute Gasteiger partial charge is 0.497 e. The third kappa shape index (κ3) is 5.03. The number of aromatic nitrogens is 4. The summed E-state index contributed by atoms with van der Waals surface area (Å²) in [5.74, 6) is 0.505. The fourth-order valence-corrected chi connectivity index (χ4v) is 3.67. The van der Waals surface area contributed by atoms with E-state index in [0.29, 0.717) is 22.2 Å². The Balaban J connectivity index is 1.45. The molecule has 0 atom stereocenters. The van der Waals surface area contributed by atoms with Gasteiger partial charge in [0.25, 0.3) is 0 Å². The van der Waals surface area contributed by atoms with Gasteiger partial charge in [-0.25, -0.2) is 0 Å². The summed E-state index contributed by atoms with van der Waals surface area (Å²) >= 11 is 1.23. The first-order chi connectivity index (χ1) is 15.5. The molecule has 2 amide bonds. The lowest BCUT2D eigenvalue weighted by molar-refractivity contribution is -0.114. The van der Waals surface area contributed by atoms with Gasteiger partial charge in [0.05, 0.1) is 18.6 Å². The molecule has 10 heteroatoms. The minimum absolute atomic E-state index is 0.125. The molecule has 32 heavy (non-hydrogen) atoms. The van der Waals surface area contributed by atoms with Gasteiger partial charge in [0, 0.05) is 23.9 Å². The molecule has 0 aliphatic carbocycles. The van der Waals surface area contributed by atoms with E-state index < -0.39 is 0 Å². The number of ether oxygens (including phenoxy) is 1. The quantitative estimate of drug-likeness (QED) is 0.416. The Kier molecular flexibility index (Phi) is 6.31. The summed E-state index contributed by atoms with van der Waals surface area (Å²) in [7, 11) is 1.62. The Morgan fingerprint density at radius 2 is 1.75 bits per heavy atom. The number of hydrogen-bond donors (Lipinski definition) is 2. The zero-order chi connectivity index (χ0) is 22.5. The summed E-state index contributed by atoms with van der Waals surface area (Å²) < 4.78 is 6.82. The molecule has 0 saturated heterocycles. The minimum atomic E-state index is -0.210. The zero-order valence-electron chi connectivity index (χ0n) is 17.4. The maximum atomic E-state index is 12.4. The second-order valence-electron chi connectivity index (χ2n) is 6.80. The molecule has 2 N–H and O–H groups in total. The number of nitrogens with one attached hydrogen (secondary N) is 2. The maximum Gasteiger partial charge on any atom is 0.234 e. The van der Waals surface area contributed by atoms with E-state index in [1.807, 2.05) is 36.4 Å². The van der Waals surface area contributed by atoms with Gasteiger partial charge in [0.2, 0.25) is 17.0 Å². The molecular weight excluding hydrogens is 428 g/mol. The summed E-state index contributed by atoms with van der Waals surface area (Å²) in [5, 5.41) is 18.9. The van der Waals surface area contributed by atoms with Gasteiger partial charge in [-0.05, 0) is 54.6 Å². The average molecular weight is 449 g/mol. The molecule has 162 valence electrons. The highest BCUT2D eigenvalue weighted by molar-refractivity contribution is 7.99. The predicted octanol–water partition coefficient (Wildman–Crippen LogP) is 3.49. The number of carbonyl (C=O) groups is 2. The van der Waals surface area contributed by atoms with Crippen LogP contribution < -0.4 is 15.4 Å². The van der Waals surface area contributed by atoms with Crippen LogP contribution in [0.5, 0.6) is 5.75 Å². The number of hydrogen-bond acceptors (Lipinski definition) is 7. The Morgan fingerprint density at radius 1 is 1.00 bits per heavy atom. The summed E-state index contributed by atoms with van der Waals surface area (Å²) in [6.45, 7) is 1.43. The van der Waals surface area contributed by atoms with Crippen LogP contribution in [-0.4, -0.2) is 44.5 Å². The van der Waals surface area contributed by atoms with Crippen LogP contribution in [0.4, 0.5) is 11.4 Å². The van der Waals surface area contributed by atoms with Gasteiger partial charge >= 0.3 is 0 Å². The zero-order valence-corrected chi connectivity index (χ0v) is 18.2. The number of carbonyl (C=O) groups excluding carboxylic acids is 2. The number of benzene rings is 2. The molecule has 2 aromatic heterocycles. The summed E-state index contributed by atoms with van der Waals surface area (Å²) in [5.41, 5.74) is 3.47. The van der Waals surface area contributed by atoms with E-state index in [4.69, 9.17) is 4.74 Å². The lowest BCUT2D eigenvalue weighted by atomic mass is 10.1. The van der Waals surface area contributed by atoms with Crippen LogP contribution in [0.3, 0.4) is 0 Å². The van der Waals surface area contributed by atoms with Crippen molar-refractivity contribution in [2.75, 3.05) is 23.5 Å². The van der Waals surface area contributed by atoms with E-state index in [2.05, 4.69) is 25.9 Å².